The van der Waals surface area contributed by atoms with Gasteiger partial charge in [-0.15, -0.1) is 0 Å². The predicted molar refractivity (Wildman–Crippen MR) is 128 cm³/mol. The molecule has 0 aromatic heterocycles. The molecule has 4 aliphatic rings. The molecule has 2 heterocycles. The summed E-state index contributed by atoms with van der Waals surface area (Å²) in [6, 6.07) is -1.89. The van der Waals surface area contributed by atoms with E-state index in [0.29, 0.717) is 0 Å². The molecule has 6 N–H and O–H groups in total. The first kappa shape index (κ1) is 29.7. The molecule has 10 nitrogen and oxygen atoms in total. The number of carbonyl (C=O) groups is 5. The number of amides is 5. The Bertz CT molecular complexity index is 1170. The molecule has 2 aliphatic carbocycles. The third kappa shape index (κ3) is 4.31. The molecule has 4 rings (SSSR count). The number of hydrogen-bond acceptors (Lipinski definition) is 5. The average Bonchev–Trinajstić information content (AvgIpc) is 3.51. The van der Waals surface area contributed by atoms with Gasteiger partial charge in [0.15, 0.2) is 0 Å². The lowest BCUT2D eigenvalue weighted by Gasteiger charge is -2.48. The molecular formula is C25H32F5N5O5. The van der Waals surface area contributed by atoms with E-state index in [1.165, 1.54) is 32.9 Å². The lowest BCUT2D eigenvalue weighted by molar-refractivity contribution is -0.177. The quantitative estimate of drug-likeness (QED) is 0.255. The van der Waals surface area contributed by atoms with Crippen LogP contribution in [0.25, 0.3) is 0 Å². The van der Waals surface area contributed by atoms with Gasteiger partial charge in [0.2, 0.25) is 23.6 Å². The highest BCUT2D eigenvalue weighted by atomic mass is 19.4. The smallest absolute Gasteiger partial charge is 0.369 e. The molecule has 0 radical (unpaired) electrons. The van der Waals surface area contributed by atoms with Crippen LogP contribution in [-0.2, 0) is 24.0 Å². The second-order valence-electron chi connectivity index (χ2n) is 12.2. The van der Waals surface area contributed by atoms with E-state index in [1.54, 1.807) is 5.32 Å². The molecule has 3 fully saturated rings. The second kappa shape index (κ2) is 9.40. The number of primary amides is 2. The molecule has 40 heavy (non-hydrogen) atoms. The van der Waals surface area contributed by atoms with Gasteiger partial charge in [-0.3, -0.25) is 24.0 Å². The molecule has 2 bridgehead atoms. The summed E-state index contributed by atoms with van der Waals surface area (Å²) in [5, 5.41) is 4.23. The molecule has 1 saturated carbocycles. The first-order valence-electron chi connectivity index (χ1n) is 12.9. The number of alkyl halides is 5. The van der Waals surface area contributed by atoms with Crippen molar-refractivity contribution in [2.75, 3.05) is 13.1 Å². The highest BCUT2D eigenvalue weighted by Crippen LogP contribution is 2.66. The van der Waals surface area contributed by atoms with Gasteiger partial charge in [-0.25, -0.2) is 8.78 Å². The first-order valence-corrected chi connectivity index (χ1v) is 12.9. The van der Waals surface area contributed by atoms with Crippen molar-refractivity contribution in [2.45, 2.75) is 57.3 Å². The SMILES string of the molecule is CC(C)(C)[C@H](NC(=O)C(F)(F)F)C(=O)N1CC2C3C=CC(C2C1(C(N)=O)[C@H](C[C@H]1CCNC1=O)C(N)=O)C3(F)F. The van der Waals surface area contributed by atoms with Crippen LogP contribution in [0.5, 0.6) is 0 Å². The molecule has 2 aliphatic heterocycles. The van der Waals surface area contributed by atoms with Crippen LogP contribution in [-0.4, -0.2) is 71.2 Å². The minimum atomic E-state index is -5.36. The average molecular weight is 578 g/mol. The van der Waals surface area contributed by atoms with Gasteiger partial charge in [-0.05, 0) is 24.2 Å². The fourth-order valence-electron chi connectivity index (χ4n) is 7.21. The zero-order valence-corrected chi connectivity index (χ0v) is 22.1. The van der Waals surface area contributed by atoms with Crippen LogP contribution >= 0.6 is 0 Å². The Hall–Kier alpha value is -3.26. The van der Waals surface area contributed by atoms with Crippen molar-refractivity contribution in [3.8, 4) is 0 Å². The predicted octanol–water partition coefficient (Wildman–Crippen LogP) is 0.457. The minimum Gasteiger partial charge on any atom is -0.369 e. The van der Waals surface area contributed by atoms with Crippen LogP contribution in [0.15, 0.2) is 12.2 Å². The number of nitrogens with two attached hydrogens (primary N) is 2. The van der Waals surface area contributed by atoms with Gasteiger partial charge in [-0.2, -0.15) is 13.2 Å². The van der Waals surface area contributed by atoms with Crippen LogP contribution < -0.4 is 22.1 Å². The molecule has 222 valence electrons. The summed E-state index contributed by atoms with van der Waals surface area (Å²) in [6.45, 7) is 3.78. The maximum atomic E-state index is 15.4. The van der Waals surface area contributed by atoms with Crippen molar-refractivity contribution in [3.63, 3.8) is 0 Å². The van der Waals surface area contributed by atoms with Gasteiger partial charge in [0, 0.05) is 36.8 Å². The molecule has 15 heteroatoms. The summed E-state index contributed by atoms with van der Waals surface area (Å²) in [5.41, 5.74) is 7.75. The van der Waals surface area contributed by atoms with E-state index in [9.17, 15) is 37.1 Å². The summed E-state index contributed by atoms with van der Waals surface area (Å²) < 4.78 is 70.3. The Balaban J connectivity index is 1.88. The highest BCUT2D eigenvalue weighted by molar-refractivity contribution is 6.00. The molecular weight excluding hydrogens is 545 g/mol. The van der Waals surface area contributed by atoms with Crippen LogP contribution in [0.2, 0.25) is 0 Å². The van der Waals surface area contributed by atoms with Gasteiger partial charge in [0.1, 0.15) is 11.6 Å². The summed E-state index contributed by atoms with van der Waals surface area (Å²) >= 11 is 0. The van der Waals surface area contributed by atoms with E-state index in [1.807, 2.05) is 0 Å². The second-order valence-corrected chi connectivity index (χ2v) is 12.2. The molecule has 0 spiro atoms. The van der Waals surface area contributed by atoms with E-state index < -0.39 is 107 Å². The van der Waals surface area contributed by atoms with E-state index >= 15 is 8.78 Å². The van der Waals surface area contributed by atoms with Crippen molar-refractivity contribution in [1.82, 2.24) is 15.5 Å². The normalized spacial score (nSPS) is 33.9. The molecule has 2 saturated heterocycles. The fourth-order valence-corrected chi connectivity index (χ4v) is 7.21. The molecule has 5 unspecified atom stereocenters. The number of hydrogen-bond donors (Lipinski definition) is 4. The van der Waals surface area contributed by atoms with Gasteiger partial charge < -0.3 is 27.0 Å². The third-order valence-corrected chi connectivity index (χ3v) is 8.94. The van der Waals surface area contributed by atoms with E-state index in [2.05, 4.69) is 5.32 Å². The Labute approximate surface area is 226 Å². The van der Waals surface area contributed by atoms with Gasteiger partial charge in [0.25, 0.3) is 5.92 Å². The van der Waals surface area contributed by atoms with Crippen LogP contribution in [0.1, 0.15) is 33.6 Å². The van der Waals surface area contributed by atoms with Crippen molar-refractivity contribution < 1.29 is 45.9 Å². The summed E-state index contributed by atoms with van der Waals surface area (Å²) in [7, 11) is 0. The monoisotopic (exact) mass is 577 g/mol. The largest absolute Gasteiger partial charge is 0.471 e. The molecule has 0 aromatic rings. The number of halogens is 5. The maximum absolute atomic E-state index is 15.4. The van der Waals surface area contributed by atoms with Gasteiger partial charge in [0.05, 0.1) is 5.92 Å². The summed E-state index contributed by atoms with van der Waals surface area (Å²) in [5.74, 6) is -18.2. The van der Waals surface area contributed by atoms with Crippen LogP contribution in [0, 0.1) is 40.9 Å². The lowest BCUT2D eigenvalue weighted by atomic mass is 9.64. The number of nitrogens with zero attached hydrogens (tertiary/aromatic N) is 1. The topological polar surface area (TPSA) is 165 Å². The van der Waals surface area contributed by atoms with Crippen molar-refractivity contribution in [2.24, 2.45) is 52.4 Å². The van der Waals surface area contributed by atoms with Crippen molar-refractivity contribution in [3.05, 3.63) is 12.2 Å². The standard InChI is InChI=1S/C25H32F5N5O5/c1-22(2,3)16(34-21(40)25(28,29)30)19(38)35-9-11-12-4-5-13(24(12,26)27)15(11)23(35,20(32)39)14(17(31)36)8-10-6-7-33-18(10)37/h4-5,10-16H,6-9H2,1-3H3,(H2,31,36)(H2,32,39)(H,33,37)(H,34,40)/t10-,11?,12?,13?,14-,15?,16-,23?/m1/s1. The highest BCUT2D eigenvalue weighted by Gasteiger charge is 2.77. The minimum absolute atomic E-state index is 0.230. The number of fused-ring (bicyclic) bond motifs is 5. The number of allylic oxidation sites excluding steroid dienone is 2. The Morgan fingerprint density at radius 1 is 1.12 bits per heavy atom. The van der Waals surface area contributed by atoms with Crippen molar-refractivity contribution in [1.29, 1.82) is 0 Å². The van der Waals surface area contributed by atoms with Crippen LogP contribution in [0.3, 0.4) is 0 Å². The van der Waals surface area contributed by atoms with Gasteiger partial charge >= 0.3 is 12.1 Å². The molecule has 0 aromatic carbocycles. The van der Waals surface area contributed by atoms with Crippen LogP contribution in [0.4, 0.5) is 22.0 Å². The number of likely N-dealkylation sites (tertiary alicyclic amines) is 1. The number of carbonyl (C=O) groups excluding carboxylic acids is 5. The molecule has 5 amide bonds. The Morgan fingerprint density at radius 2 is 1.73 bits per heavy atom. The zero-order chi connectivity index (χ0) is 30.2. The zero-order valence-electron chi connectivity index (χ0n) is 22.1. The Morgan fingerprint density at radius 3 is 2.20 bits per heavy atom. The first-order chi connectivity index (χ1) is 18.3. The number of rotatable bonds is 7. The van der Waals surface area contributed by atoms with E-state index in [-0.39, 0.29) is 13.0 Å². The van der Waals surface area contributed by atoms with E-state index in [0.717, 1.165) is 4.90 Å². The third-order valence-electron chi connectivity index (χ3n) is 8.94. The van der Waals surface area contributed by atoms with Gasteiger partial charge in [-0.1, -0.05) is 32.9 Å². The molecule has 8 atom stereocenters. The van der Waals surface area contributed by atoms with E-state index in [4.69, 9.17) is 11.5 Å². The summed E-state index contributed by atoms with van der Waals surface area (Å²) in [6.07, 6.45) is -3.10. The maximum Gasteiger partial charge on any atom is 0.471 e. The lowest BCUT2D eigenvalue weighted by Crippen LogP contribution is -2.70. The van der Waals surface area contributed by atoms with Crippen molar-refractivity contribution >= 4 is 29.5 Å². The number of nitrogens with one attached hydrogen (secondary N) is 2. The summed E-state index contributed by atoms with van der Waals surface area (Å²) in [4.78, 5) is 65.7. The Kier molecular flexibility index (Phi) is 6.98. The fraction of sp³-hybridized carbons (Fsp3) is 0.720.